The third-order valence-electron chi connectivity index (χ3n) is 2.27. The van der Waals surface area contributed by atoms with Crippen molar-refractivity contribution >= 4 is 22.3 Å². The lowest BCUT2D eigenvalue weighted by atomic mass is 10.1. The van der Waals surface area contributed by atoms with Crippen LogP contribution in [-0.4, -0.2) is 13.1 Å². The van der Waals surface area contributed by atoms with Gasteiger partial charge in [-0.3, -0.25) is 0 Å². The molecule has 0 saturated carbocycles. The van der Waals surface area contributed by atoms with Gasteiger partial charge in [0.2, 0.25) is 0 Å². The number of esters is 1. The first-order valence-corrected chi connectivity index (χ1v) is 5.48. The number of thiophene rings is 1. The molecule has 0 aliphatic heterocycles. The first-order valence-electron chi connectivity index (χ1n) is 4.66. The van der Waals surface area contributed by atoms with Crippen LogP contribution in [-0.2, 0) is 4.74 Å². The second-order valence-electron chi connectivity index (χ2n) is 3.24. The van der Waals surface area contributed by atoms with Crippen LogP contribution in [0.1, 0.15) is 15.2 Å². The minimum atomic E-state index is -0.437. The molecule has 0 radical (unpaired) electrons. The Morgan fingerprint density at radius 2 is 2.31 bits per heavy atom. The average molecular weight is 237 g/mol. The van der Waals surface area contributed by atoms with Crippen LogP contribution in [0.25, 0.3) is 11.3 Å². The SMILES string of the molecule is COC(=O)c1c(N)sc(C)c1-c1ccco1. The van der Waals surface area contributed by atoms with Crippen molar-refractivity contribution in [3.8, 4) is 11.3 Å². The highest BCUT2D eigenvalue weighted by atomic mass is 32.1. The summed E-state index contributed by atoms with van der Waals surface area (Å²) in [4.78, 5) is 12.6. The third kappa shape index (κ3) is 1.59. The highest BCUT2D eigenvalue weighted by Gasteiger charge is 2.23. The van der Waals surface area contributed by atoms with E-state index in [9.17, 15) is 4.79 Å². The highest BCUT2D eigenvalue weighted by Crippen LogP contribution is 2.38. The van der Waals surface area contributed by atoms with E-state index in [1.54, 1.807) is 18.4 Å². The summed E-state index contributed by atoms with van der Waals surface area (Å²) in [5.41, 5.74) is 6.91. The van der Waals surface area contributed by atoms with Crippen molar-refractivity contribution in [1.29, 1.82) is 0 Å². The van der Waals surface area contributed by atoms with Gasteiger partial charge in [0, 0.05) is 10.4 Å². The van der Waals surface area contributed by atoms with E-state index in [2.05, 4.69) is 0 Å². The number of carbonyl (C=O) groups is 1. The Hall–Kier alpha value is -1.75. The lowest BCUT2D eigenvalue weighted by Gasteiger charge is -2.01. The number of furan rings is 1. The van der Waals surface area contributed by atoms with Crippen molar-refractivity contribution in [3.05, 3.63) is 28.8 Å². The van der Waals surface area contributed by atoms with Crippen LogP contribution in [0, 0.1) is 6.92 Å². The first kappa shape index (κ1) is 10.8. The van der Waals surface area contributed by atoms with Crippen molar-refractivity contribution in [1.82, 2.24) is 0 Å². The second kappa shape index (κ2) is 4.02. The number of methoxy groups -OCH3 is 1. The lowest BCUT2D eigenvalue weighted by Crippen LogP contribution is -2.04. The van der Waals surface area contributed by atoms with Gasteiger partial charge in [0.05, 0.1) is 13.4 Å². The molecule has 2 aromatic rings. The molecule has 84 valence electrons. The van der Waals surface area contributed by atoms with E-state index < -0.39 is 5.97 Å². The fourth-order valence-electron chi connectivity index (χ4n) is 1.59. The Morgan fingerprint density at radius 1 is 1.56 bits per heavy atom. The normalized spacial score (nSPS) is 10.4. The summed E-state index contributed by atoms with van der Waals surface area (Å²) in [6.07, 6.45) is 1.56. The van der Waals surface area contributed by atoms with Crippen LogP contribution in [0.3, 0.4) is 0 Å². The number of ether oxygens (including phenoxy) is 1. The van der Waals surface area contributed by atoms with Crippen LogP contribution < -0.4 is 5.73 Å². The maximum Gasteiger partial charge on any atom is 0.341 e. The lowest BCUT2D eigenvalue weighted by molar-refractivity contribution is 0.0603. The van der Waals surface area contributed by atoms with Gasteiger partial charge in [-0.15, -0.1) is 11.3 Å². The molecule has 2 aromatic heterocycles. The number of hydrogen-bond acceptors (Lipinski definition) is 5. The fraction of sp³-hybridized carbons (Fsp3) is 0.182. The van der Waals surface area contributed by atoms with Crippen LogP contribution >= 0.6 is 11.3 Å². The number of aryl methyl sites for hydroxylation is 1. The van der Waals surface area contributed by atoms with Gasteiger partial charge < -0.3 is 14.9 Å². The summed E-state index contributed by atoms with van der Waals surface area (Å²) in [7, 11) is 1.33. The zero-order valence-corrected chi connectivity index (χ0v) is 9.76. The molecule has 0 spiro atoms. The van der Waals surface area contributed by atoms with Crippen LogP contribution in [0.4, 0.5) is 5.00 Å². The van der Waals surface area contributed by atoms with E-state index in [1.807, 2.05) is 6.92 Å². The quantitative estimate of drug-likeness (QED) is 0.815. The van der Waals surface area contributed by atoms with E-state index in [0.717, 1.165) is 10.4 Å². The summed E-state index contributed by atoms with van der Waals surface area (Å²) in [5.74, 6) is 0.194. The summed E-state index contributed by atoms with van der Waals surface area (Å²) < 4.78 is 10.0. The number of anilines is 1. The molecule has 0 aliphatic rings. The molecule has 16 heavy (non-hydrogen) atoms. The Bertz CT molecular complexity index is 514. The number of nitrogens with two attached hydrogens (primary N) is 1. The number of nitrogen functional groups attached to an aromatic ring is 1. The summed E-state index contributed by atoms with van der Waals surface area (Å²) in [5, 5.41) is 0.454. The summed E-state index contributed by atoms with van der Waals surface area (Å²) >= 11 is 1.35. The zero-order valence-electron chi connectivity index (χ0n) is 8.94. The molecule has 0 bridgehead atoms. The van der Waals surface area contributed by atoms with Gasteiger partial charge in [-0.25, -0.2) is 4.79 Å². The topological polar surface area (TPSA) is 65.5 Å². The highest BCUT2D eigenvalue weighted by molar-refractivity contribution is 7.16. The molecular formula is C11H11NO3S. The molecule has 0 fully saturated rings. The van der Waals surface area contributed by atoms with Crippen LogP contribution in [0.2, 0.25) is 0 Å². The molecule has 4 nitrogen and oxygen atoms in total. The van der Waals surface area contributed by atoms with E-state index in [1.165, 1.54) is 18.4 Å². The molecule has 0 atom stereocenters. The largest absolute Gasteiger partial charge is 0.465 e. The van der Waals surface area contributed by atoms with E-state index >= 15 is 0 Å². The standard InChI is InChI=1S/C11H11NO3S/c1-6-8(7-4-3-5-15-7)9(10(12)16-6)11(13)14-2/h3-5H,12H2,1-2H3. The average Bonchev–Trinajstić information content (AvgIpc) is 2.84. The smallest absolute Gasteiger partial charge is 0.341 e. The zero-order chi connectivity index (χ0) is 11.7. The molecule has 2 rings (SSSR count). The van der Waals surface area contributed by atoms with Crippen molar-refractivity contribution in [2.24, 2.45) is 0 Å². The van der Waals surface area contributed by atoms with Gasteiger partial charge >= 0.3 is 5.97 Å². The molecule has 2 heterocycles. The number of hydrogen-bond donors (Lipinski definition) is 1. The maximum atomic E-state index is 11.6. The Morgan fingerprint density at radius 3 is 2.88 bits per heavy atom. The number of rotatable bonds is 2. The predicted octanol–water partition coefficient (Wildman–Crippen LogP) is 2.69. The second-order valence-corrected chi connectivity index (χ2v) is 4.50. The Balaban J connectivity index is 2.64. The van der Waals surface area contributed by atoms with Crippen molar-refractivity contribution in [3.63, 3.8) is 0 Å². The Kier molecular flexibility index (Phi) is 2.70. The molecule has 2 N–H and O–H groups in total. The van der Waals surface area contributed by atoms with Gasteiger partial charge in [-0.1, -0.05) is 0 Å². The molecule has 0 aromatic carbocycles. The molecule has 0 aliphatic carbocycles. The van der Waals surface area contributed by atoms with Gasteiger partial charge in [-0.05, 0) is 19.1 Å². The summed E-state index contributed by atoms with van der Waals surface area (Å²) in [6, 6.07) is 3.56. The van der Waals surface area contributed by atoms with Gasteiger partial charge in [0.25, 0.3) is 0 Å². The Labute approximate surface area is 96.6 Å². The molecule has 0 amide bonds. The van der Waals surface area contributed by atoms with Gasteiger partial charge in [0.1, 0.15) is 16.3 Å². The van der Waals surface area contributed by atoms with Crippen molar-refractivity contribution in [2.45, 2.75) is 6.92 Å². The molecule has 5 heteroatoms. The predicted molar refractivity (Wildman–Crippen MR) is 62.5 cm³/mol. The van der Waals surface area contributed by atoms with Crippen molar-refractivity contribution < 1.29 is 13.9 Å². The van der Waals surface area contributed by atoms with Crippen LogP contribution in [0.5, 0.6) is 0 Å². The fourth-order valence-corrected chi connectivity index (χ4v) is 2.51. The minimum absolute atomic E-state index is 0.389. The van der Waals surface area contributed by atoms with E-state index in [4.69, 9.17) is 14.9 Å². The van der Waals surface area contributed by atoms with Crippen molar-refractivity contribution in [2.75, 3.05) is 12.8 Å². The maximum absolute atomic E-state index is 11.6. The van der Waals surface area contributed by atoms with Gasteiger partial charge in [-0.2, -0.15) is 0 Å². The summed E-state index contributed by atoms with van der Waals surface area (Å²) in [6.45, 7) is 1.89. The third-order valence-corrected chi connectivity index (χ3v) is 3.20. The first-order chi connectivity index (χ1) is 7.65. The van der Waals surface area contributed by atoms with E-state index in [-0.39, 0.29) is 0 Å². The molecule has 0 saturated heterocycles. The van der Waals surface area contributed by atoms with Gasteiger partial charge in [0.15, 0.2) is 0 Å². The molecular weight excluding hydrogens is 226 g/mol. The monoisotopic (exact) mass is 237 g/mol. The molecule has 0 unspecified atom stereocenters. The van der Waals surface area contributed by atoms with Crippen LogP contribution in [0.15, 0.2) is 22.8 Å². The van der Waals surface area contributed by atoms with E-state index in [0.29, 0.717) is 16.3 Å². The minimum Gasteiger partial charge on any atom is -0.465 e. The number of carbonyl (C=O) groups excluding carboxylic acids is 1.